The van der Waals surface area contributed by atoms with Gasteiger partial charge in [-0.2, -0.15) is 4.98 Å². The Hall–Kier alpha value is -3.68. The molecule has 0 saturated heterocycles. The van der Waals surface area contributed by atoms with Crippen LogP contribution >= 0.6 is 0 Å². The second-order valence-corrected chi connectivity index (χ2v) is 6.95. The zero-order chi connectivity index (χ0) is 22.1. The van der Waals surface area contributed by atoms with Gasteiger partial charge in [-0.15, -0.1) is 0 Å². The minimum absolute atomic E-state index is 0.145. The van der Waals surface area contributed by atoms with E-state index in [0.29, 0.717) is 23.8 Å². The Kier molecular flexibility index (Phi) is 7.75. The number of carbonyl (C=O) groups excluding carboxylic acids is 2. The number of carbonyl (C=O) groups is 2. The lowest BCUT2D eigenvalue weighted by molar-refractivity contribution is -0.143. The number of hydrogen-bond acceptors (Lipinski definition) is 7. The molecule has 31 heavy (non-hydrogen) atoms. The second-order valence-electron chi connectivity index (χ2n) is 6.95. The maximum absolute atomic E-state index is 12.2. The van der Waals surface area contributed by atoms with Crippen molar-refractivity contribution in [3.05, 3.63) is 65.5 Å². The van der Waals surface area contributed by atoms with Gasteiger partial charge in [0.2, 0.25) is 5.82 Å². The van der Waals surface area contributed by atoms with Crippen LogP contribution in [0.1, 0.15) is 41.5 Å². The van der Waals surface area contributed by atoms with Crippen molar-refractivity contribution in [3.8, 4) is 17.2 Å². The largest absolute Gasteiger partial charge is 0.494 e. The van der Waals surface area contributed by atoms with Gasteiger partial charge >= 0.3 is 5.97 Å². The zero-order valence-electron chi connectivity index (χ0n) is 17.6. The number of aryl methyl sites for hydroxylation is 1. The normalized spacial score (nSPS) is 10.5. The average molecular weight is 423 g/mol. The SMILES string of the molecule is CCCCOc1ccc(C(=O)NCC(=O)OCc2noc(-c3ccc(C)cc3)n2)cc1. The molecule has 1 aromatic heterocycles. The van der Waals surface area contributed by atoms with E-state index in [-0.39, 0.29) is 24.9 Å². The topological polar surface area (TPSA) is 104 Å². The molecule has 0 fully saturated rings. The first-order valence-electron chi connectivity index (χ1n) is 10.1. The van der Waals surface area contributed by atoms with E-state index >= 15 is 0 Å². The van der Waals surface area contributed by atoms with Crippen molar-refractivity contribution in [2.24, 2.45) is 0 Å². The Labute approximate surface area is 180 Å². The van der Waals surface area contributed by atoms with Gasteiger partial charge in [-0.1, -0.05) is 36.2 Å². The van der Waals surface area contributed by atoms with Gasteiger partial charge in [0.05, 0.1) is 6.61 Å². The van der Waals surface area contributed by atoms with E-state index < -0.39 is 5.97 Å². The fourth-order valence-electron chi connectivity index (χ4n) is 2.61. The molecule has 0 aliphatic carbocycles. The molecule has 0 radical (unpaired) electrons. The van der Waals surface area contributed by atoms with Gasteiger partial charge in [0, 0.05) is 11.1 Å². The average Bonchev–Trinajstić information content (AvgIpc) is 3.26. The number of aromatic nitrogens is 2. The Bertz CT molecular complexity index is 997. The summed E-state index contributed by atoms with van der Waals surface area (Å²) in [5.74, 6) is 0.317. The molecule has 0 spiro atoms. The summed E-state index contributed by atoms with van der Waals surface area (Å²) in [5, 5.41) is 6.33. The molecule has 0 atom stereocenters. The second kappa shape index (κ2) is 10.9. The summed E-state index contributed by atoms with van der Waals surface area (Å²) < 4.78 is 15.8. The van der Waals surface area contributed by atoms with Crippen LogP contribution in [0.5, 0.6) is 5.75 Å². The van der Waals surface area contributed by atoms with Crippen LogP contribution in [0, 0.1) is 6.92 Å². The molecular formula is C23H25N3O5. The van der Waals surface area contributed by atoms with Gasteiger partial charge in [-0.05, 0) is 49.7 Å². The number of benzene rings is 2. The van der Waals surface area contributed by atoms with Crippen molar-refractivity contribution in [1.29, 1.82) is 0 Å². The van der Waals surface area contributed by atoms with Gasteiger partial charge in [0.25, 0.3) is 11.8 Å². The monoisotopic (exact) mass is 423 g/mol. The van der Waals surface area contributed by atoms with E-state index in [1.807, 2.05) is 31.2 Å². The van der Waals surface area contributed by atoms with Gasteiger partial charge in [-0.3, -0.25) is 9.59 Å². The number of rotatable bonds is 10. The fourth-order valence-corrected chi connectivity index (χ4v) is 2.61. The Morgan fingerprint density at radius 1 is 1.06 bits per heavy atom. The van der Waals surface area contributed by atoms with E-state index in [0.717, 1.165) is 24.0 Å². The number of nitrogens with one attached hydrogen (secondary N) is 1. The van der Waals surface area contributed by atoms with Crippen LogP contribution in [-0.4, -0.2) is 35.2 Å². The maximum Gasteiger partial charge on any atom is 0.325 e. The molecule has 1 heterocycles. The molecule has 0 saturated carbocycles. The number of amides is 1. The molecule has 0 aliphatic heterocycles. The summed E-state index contributed by atoms with van der Waals surface area (Å²) in [6.45, 7) is 4.30. The van der Waals surface area contributed by atoms with Gasteiger partial charge in [0.15, 0.2) is 6.61 Å². The smallest absolute Gasteiger partial charge is 0.325 e. The van der Waals surface area contributed by atoms with Crippen LogP contribution in [0.4, 0.5) is 0 Å². The van der Waals surface area contributed by atoms with E-state index in [1.165, 1.54) is 0 Å². The Morgan fingerprint density at radius 2 is 1.81 bits per heavy atom. The summed E-state index contributed by atoms with van der Waals surface area (Å²) in [5.41, 5.74) is 2.33. The highest BCUT2D eigenvalue weighted by Crippen LogP contribution is 2.17. The summed E-state index contributed by atoms with van der Waals surface area (Å²) in [6.07, 6.45) is 2.03. The van der Waals surface area contributed by atoms with E-state index in [2.05, 4.69) is 22.4 Å². The number of ether oxygens (including phenoxy) is 2. The van der Waals surface area contributed by atoms with E-state index in [9.17, 15) is 9.59 Å². The molecule has 0 aliphatic rings. The number of unbranched alkanes of at least 4 members (excludes halogenated alkanes) is 1. The van der Waals surface area contributed by atoms with Crippen LogP contribution in [-0.2, 0) is 16.1 Å². The lowest BCUT2D eigenvalue weighted by Crippen LogP contribution is -2.30. The van der Waals surface area contributed by atoms with Crippen molar-refractivity contribution in [3.63, 3.8) is 0 Å². The first-order chi connectivity index (χ1) is 15.0. The van der Waals surface area contributed by atoms with Crippen molar-refractivity contribution in [2.45, 2.75) is 33.3 Å². The molecule has 8 nitrogen and oxygen atoms in total. The minimum Gasteiger partial charge on any atom is -0.494 e. The Morgan fingerprint density at radius 3 is 2.52 bits per heavy atom. The molecular weight excluding hydrogens is 398 g/mol. The molecule has 8 heteroatoms. The van der Waals surface area contributed by atoms with Crippen LogP contribution in [0.2, 0.25) is 0 Å². The molecule has 0 bridgehead atoms. The van der Waals surface area contributed by atoms with Crippen LogP contribution < -0.4 is 10.1 Å². The van der Waals surface area contributed by atoms with Crippen LogP contribution in [0.3, 0.4) is 0 Å². The number of hydrogen-bond donors (Lipinski definition) is 1. The molecule has 1 amide bonds. The predicted octanol–water partition coefficient (Wildman–Crippen LogP) is 3.70. The summed E-state index contributed by atoms with van der Waals surface area (Å²) in [7, 11) is 0. The quantitative estimate of drug-likeness (QED) is 0.392. The summed E-state index contributed by atoms with van der Waals surface area (Å²) in [6, 6.07) is 14.4. The molecule has 3 aromatic rings. The maximum atomic E-state index is 12.2. The number of nitrogens with zero attached hydrogens (tertiary/aromatic N) is 2. The zero-order valence-corrected chi connectivity index (χ0v) is 17.6. The van der Waals surface area contributed by atoms with Crippen molar-refractivity contribution < 1.29 is 23.6 Å². The molecule has 162 valence electrons. The van der Waals surface area contributed by atoms with Crippen molar-refractivity contribution in [1.82, 2.24) is 15.5 Å². The summed E-state index contributed by atoms with van der Waals surface area (Å²) in [4.78, 5) is 28.3. The molecule has 0 unspecified atom stereocenters. The first kappa shape index (κ1) is 22.0. The third-order valence-electron chi connectivity index (χ3n) is 4.41. The predicted molar refractivity (Wildman–Crippen MR) is 113 cm³/mol. The van der Waals surface area contributed by atoms with E-state index in [4.69, 9.17) is 14.0 Å². The summed E-state index contributed by atoms with van der Waals surface area (Å²) >= 11 is 0. The van der Waals surface area contributed by atoms with Gasteiger partial charge in [-0.25, -0.2) is 0 Å². The fraction of sp³-hybridized carbons (Fsp3) is 0.304. The van der Waals surface area contributed by atoms with E-state index in [1.54, 1.807) is 24.3 Å². The third-order valence-corrected chi connectivity index (χ3v) is 4.41. The lowest BCUT2D eigenvalue weighted by Gasteiger charge is -2.07. The lowest BCUT2D eigenvalue weighted by atomic mass is 10.1. The van der Waals surface area contributed by atoms with Crippen LogP contribution in [0.25, 0.3) is 11.5 Å². The number of esters is 1. The highest BCUT2D eigenvalue weighted by molar-refractivity contribution is 5.96. The minimum atomic E-state index is -0.602. The first-order valence-corrected chi connectivity index (χ1v) is 10.1. The third kappa shape index (κ3) is 6.67. The highest BCUT2D eigenvalue weighted by Gasteiger charge is 2.13. The highest BCUT2D eigenvalue weighted by atomic mass is 16.5. The molecule has 2 aromatic carbocycles. The molecule has 3 rings (SSSR count). The van der Waals surface area contributed by atoms with Gasteiger partial charge in [0.1, 0.15) is 12.3 Å². The van der Waals surface area contributed by atoms with Gasteiger partial charge < -0.3 is 19.3 Å². The Balaban J connectivity index is 1.42. The van der Waals surface area contributed by atoms with Crippen molar-refractivity contribution >= 4 is 11.9 Å². The molecule has 1 N–H and O–H groups in total. The van der Waals surface area contributed by atoms with Crippen molar-refractivity contribution in [2.75, 3.05) is 13.2 Å². The van der Waals surface area contributed by atoms with Crippen LogP contribution in [0.15, 0.2) is 53.1 Å². The standard InChI is InChI=1S/C23H25N3O5/c1-3-4-13-29-19-11-9-17(10-12-19)22(28)24-14-21(27)30-15-20-25-23(31-26-20)18-7-5-16(2)6-8-18/h5-12H,3-4,13-15H2,1-2H3,(H,24,28).